The molecule has 2 rings (SSSR count). The summed E-state index contributed by atoms with van der Waals surface area (Å²) in [4.78, 5) is 0. The predicted molar refractivity (Wildman–Crippen MR) is 68.3 cm³/mol. The quantitative estimate of drug-likeness (QED) is 0.665. The second-order valence-corrected chi connectivity index (χ2v) is 4.43. The summed E-state index contributed by atoms with van der Waals surface area (Å²) in [6.07, 6.45) is 2.72. The zero-order chi connectivity index (χ0) is 11.8. The van der Waals surface area contributed by atoms with Crippen molar-refractivity contribution in [2.45, 2.75) is 12.8 Å². The number of hydrogen-bond donors (Lipinski definition) is 1. The Morgan fingerprint density at radius 2 is 1.82 bits per heavy atom. The first kappa shape index (κ1) is 12.4. The van der Waals surface area contributed by atoms with Crippen LogP contribution in [0.2, 0.25) is 0 Å². The highest BCUT2D eigenvalue weighted by atomic mass is 16.5. The monoisotopic (exact) mass is 235 g/mol. The van der Waals surface area contributed by atoms with Gasteiger partial charge in [0.25, 0.3) is 0 Å². The van der Waals surface area contributed by atoms with Crippen molar-refractivity contribution in [3.63, 3.8) is 0 Å². The summed E-state index contributed by atoms with van der Waals surface area (Å²) in [6.45, 7) is 4.23. The van der Waals surface area contributed by atoms with E-state index < -0.39 is 0 Å². The van der Waals surface area contributed by atoms with Crippen LogP contribution >= 0.6 is 0 Å². The van der Waals surface area contributed by atoms with Crippen molar-refractivity contribution in [1.29, 1.82) is 0 Å². The molecule has 1 saturated carbocycles. The van der Waals surface area contributed by atoms with Gasteiger partial charge in [0, 0.05) is 19.7 Å². The molecule has 0 unspecified atom stereocenters. The van der Waals surface area contributed by atoms with E-state index >= 15 is 0 Å². The van der Waals surface area contributed by atoms with E-state index in [9.17, 15) is 0 Å². The Hall–Kier alpha value is -1.06. The summed E-state index contributed by atoms with van der Waals surface area (Å²) in [7, 11) is 0. The van der Waals surface area contributed by atoms with Crippen molar-refractivity contribution in [2.75, 3.05) is 32.9 Å². The maximum absolute atomic E-state index is 5.56. The summed E-state index contributed by atoms with van der Waals surface area (Å²) in [5.41, 5.74) is 0. The Balaban J connectivity index is 1.38. The fraction of sp³-hybridized carbons (Fsp3) is 0.571. The molecule has 0 atom stereocenters. The van der Waals surface area contributed by atoms with Crippen LogP contribution in [0.5, 0.6) is 5.75 Å². The molecule has 1 aromatic rings. The molecule has 1 aliphatic rings. The van der Waals surface area contributed by atoms with Crippen molar-refractivity contribution >= 4 is 0 Å². The molecule has 0 spiro atoms. The molecule has 3 nitrogen and oxygen atoms in total. The number of nitrogens with one attached hydrogen (secondary N) is 1. The number of hydrogen-bond acceptors (Lipinski definition) is 3. The van der Waals surface area contributed by atoms with Gasteiger partial charge in [0.05, 0.1) is 6.61 Å². The molecule has 0 amide bonds. The van der Waals surface area contributed by atoms with E-state index in [0.29, 0.717) is 6.61 Å². The third-order valence-electron chi connectivity index (χ3n) is 2.76. The Bertz CT molecular complexity index is 298. The van der Waals surface area contributed by atoms with Crippen LogP contribution in [0.4, 0.5) is 0 Å². The van der Waals surface area contributed by atoms with Crippen molar-refractivity contribution < 1.29 is 9.47 Å². The molecule has 0 aromatic heterocycles. The molecule has 0 radical (unpaired) electrons. The highest BCUT2D eigenvalue weighted by Gasteiger charge is 2.20. The Labute approximate surface area is 103 Å². The van der Waals surface area contributed by atoms with Crippen molar-refractivity contribution in [3.8, 4) is 5.75 Å². The van der Waals surface area contributed by atoms with Crippen LogP contribution in [0.15, 0.2) is 30.3 Å². The van der Waals surface area contributed by atoms with Crippen LogP contribution in [0.1, 0.15) is 12.8 Å². The smallest absolute Gasteiger partial charge is 0.119 e. The molecular formula is C14H21NO2. The molecule has 0 aliphatic heterocycles. The summed E-state index contributed by atoms with van der Waals surface area (Å²) < 4.78 is 11.1. The predicted octanol–water partition coefficient (Wildman–Crippen LogP) is 2.08. The molecule has 1 N–H and O–H groups in total. The fourth-order valence-corrected chi connectivity index (χ4v) is 1.56. The zero-order valence-corrected chi connectivity index (χ0v) is 10.2. The first-order valence-electron chi connectivity index (χ1n) is 6.41. The standard InChI is InChI=1S/C14H21NO2/c1-2-4-14(5-3-1)17-11-9-15-8-10-16-12-13-6-7-13/h1-5,13,15H,6-12H2. The van der Waals surface area contributed by atoms with Crippen LogP contribution in [0.3, 0.4) is 0 Å². The fourth-order valence-electron chi connectivity index (χ4n) is 1.56. The minimum atomic E-state index is 0.701. The minimum Gasteiger partial charge on any atom is -0.492 e. The Kier molecular flexibility index (Phi) is 5.33. The van der Waals surface area contributed by atoms with E-state index in [4.69, 9.17) is 9.47 Å². The molecule has 1 aromatic carbocycles. The number of ether oxygens (including phenoxy) is 2. The van der Waals surface area contributed by atoms with Gasteiger partial charge in [-0.2, -0.15) is 0 Å². The van der Waals surface area contributed by atoms with Gasteiger partial charge in [-0.25, -0.2) is 0 Å². The van der Waals surface area contributed by atoms with Crippen LogP contribution < -0.4 is 10.1 Å². The van der Waals surface area contributed by atoms with Gasteiger partial charge >= 0.3 is 0 Å². The van der Waals surface area contributed by atoms with E-state index in [0.717, 1.165) is 38.0 Å². The average molecular weight is 235 g/mol. The second kappa shape index (κ2) is 7.30. The number of para-hydroxylation sites is 1. The molecule has 94 valence electrons. The lowest BCUT2D eigenvalue weighted by atomic mass is 10.3. The van der Waals surface area contributed by atoms with Gasteiger partial charge in [0.15, 0.2) is 0 Å². The van der Waals surface area contributed by atoms with Crippen molar-refractivity contribution in [3.05, 3.63) is 30.3 Å². The largest absolute Gasteiger partial charge is 0.492 e. The van der Waals surface area contributed by atoms with Crippen LogP contribution in [-0.4, -0.2) is 32.9 Å². The van der Waals surface area contributed by atoms with Crippen LogP contribution in [0.25, 0.3) is 0 Å². The average Bonchev–Trinajstić information content (AvgIpc) is 3.18. The molecule has 1 fully saturated rings. The maximum Gasteiger partial charge on any atom is 0.119 e. The number of benzene rings is 1. The molecule has 3 heteroatoms. The highest BCUT2D eigenvalue weighted by molar-refractivity contribution is 5.20. The highest BCUT2D eigenvalue weighted by Crippen LogP contribution is 2.28. The first-order valence-corrected chi connectivity index (χ1v) is 6.41. The summed E-state index contributed by atoms with van der Waals surface area (Å²) >= 11 is 0. The van der Waals surface area contributed by atoms with Gasteiger partial charge in [-0.3, -0.25) is 0 Å². The van der Waals surface area contributed by atoms with Gasteiger partial charge in [0.2, 0.25) is 0 Å². The van der Waals surface area contributed by atoms with Crippen LogP contribution in [0, 0.1) is 5.92 Å². The van der Waals surface area contributed by atoms with Gasteiger partial charge < -0.3 is 14.8 Å². The third-order valence-corrected chi connectivity index (χ3v) is 2.76. The number of rotatable bonds is 9. The van der Waals surface area contributed by atoms with Gasteiger partial charge in [0.1, 0.15) is 12.4 Å². The normalized spacial score (nSPS) is 14.8. The van der Waals surface area contributed by atoms with Gasteiger partial charge in [-0.15, -0.1) is 0 Å². The molecule has 17 heavy (non-hydrogen) atoms. The SMILES string of the molecule is c1ccc(OCCNCCOCC2CC2)cc1. The molecule has 1 aliphatic carbocycles. The lowest BCUT2D eigenvalue weighted by Crippen LogP contribution is -2.25. The molecular weight excluding hydrogens is 214 g/mol. The van der Waals surface area contributed by atoms with Gasteiger partial charge in [-0.1, -0.05) is 18.2 Å². The minimum absolute atomic E-state index is 0.701. The Morgan fingerprint density at radius 1 is 1.06 bits per heavy atom. The van der Waals surface area contributed by atoms with E-state index in [1.54, 1.807) is 0 Å². The Morgan fingerprint density at radius 3 is 2.59 bits per heavy atom. The zero-order valence-electron chi connectivity index (χ0n) is 10.2. The van der Waals surface area contributed by atoms with Crippen molar-refractivity contribution in [2.24, 2.45) is 5.92 Å². The maximum atomic E-state index is 5.56. The van der Waals surface area contributed by atoms with Crippen LogP contribution in [-0.2, 0) is 4.74 Å². The van der Waals surface area contributed by atoms with Crippen molar-refractivity contribution in [1.82, 2.24) is 5.32 Å². The van der Waals surface area contributed by atoms with Gasteiger partial charge in [-0.05, 0) is 30.9 Å². The second-order valence-electron chi connectivity index (χ2n) is 4.43. The lowest BCUT2D eigenvalue weighted by Gasteiger charge is -2.07. The molecule has 0 bridgehead atoms. The van der Waals surface area contributed by atoms with E-state index in [1.807, 2.05) is 30.3 Å². The summed E-state index contributed by atoms with van der Waals surface area (Å²) in [5.74, 6) is 1.79. The van der Waals surface area contributed by atoms with E-state index in [-0.39, 0.29) is 0 Å². The lowest BCUT2D eigenvalue weighted by molar-refractivity contribution is 0.125. The van der Waals surface area contributed by atoms with E-state index in [1.165, 1.54) is 12.8 Å². The molecule has 0 saturated heterocycles. The summed E-state index contributed by atoms with van der Waals surface area (Å²) in [5, 5.41) is 3.30. The topological polar surface area (TPSA) is 30.5 Å². The van der Waals surface area contributed by atoms with E-state index in [2.05, 4.69) is 5.32 Å². The third kappa shape index (κ3) is 5.71. The summed E-state index contributed by atoms with van der Waals surface area (Å²) in [6, 6.07) is 9.89. The first-order chi connectivity index (χ1) is 8.45. The molecule has 0 heterocycles.